The summed E-state index contributed by atoms with van der Waals surface area (Å²) in [5, 5.41) is 3.05. The molecule has 0 aliphatic carbocycles. The molecule has 0 amide bonds. The van der Waals surface area contributed by atoms with Crippen LogP contribution in [0.3, 0.4) is 0 Å². The number of anilines is 1. The lowest BCUT2D eigenvalue weighted by Crippen LogP contribution is -2.00. The fraction of sp³-hybridized carbons (Fsp3) is 0.0909. The third-order valence-electron chi connectivity index (χ3n) is 2.10. The van der Waals surface area contributed by atoms with Crippen molar-refractivity contribution >= 4 is 60.5 Å². The van der Waals surface area contributed by atoms with Crippen molar-refractivity contribution < 1.29 is 4.39 Å². The zero-order chi connectivity index (χ0) is 12.4. The highest BCUT2D eigenvalue weighted by atomic mass is 79.9. The summed E-state index contributed by atoms with van der Waals surface area (Å²) in [6.07, 6.45) is 0. The molecule has 0 atom stereocenters. The summed E-state index contributed by atoms with van der Waals surface area (Å²) >= 11 is 14.0. The minimum Gasteiger partial charge on any atom is -0.377 e. The summed E-state index contributed by atoms with van der Waals surface area (Å²) in [4.78, 5) is 1.04. The number of halogens is 4. The van der Waals surface area contributed by atoms with Crippen molar-refractivity contribution in [2.24, 2.45) is 0 Å². The molecule has 1 aromatic carbocycles. The summed E-state index contributed by atoms with van der Waals surface area (Å²) in [6.45, 7) is 0.537. The highest BCUT2D eigenvalue weighted by molar-refractivity contribution is 9.11. The van der Waals surface area contributed by atoms with E-state index in [1.54, 1.807) is 12.1 Å². The fourth-order valence-electron chi connectivity index (χ4n) is 1.32. The van der Waals surface area contributed by atoms with Crippen LogP contribution in [-0.2, 0) is 6.54 Å². The molecule has 0 aliphatic heterocycles. The summed E-state index contributed by atoms with van der Waals surface area (Å²) in [5.74, 6) is -0.277. The van der Waals surface area contributed by atoms with Gasteiger partial charge in [-0.3, -0.25) is 0 Å². The lowest BCUT2D eigenvalue weighted by molar-refractivity contribution is 0.629. The molecule has 0 spiro atoms. The van der Waals surface area contributed by atoms with Crippen LogP contribution in [0.4, 0.5) is 10.1 Å². The number of thiophene rings is 1. The van der Waals surface area contributed by atoms with Crippen molar-refractivity contribution in [1.29, 1.82) is 0 Å². The average Bonchev–Trinajstić information content (AvgIpc) is 2.58. The topological polar surface area (TPSA) is 12.0 Å². The van der Waals surface area contributed by atoms with Crippen LogP contribution in [0.5, 0.6) is 0 Å². The molecular weight excluding hydrogens is 392 g/mol. The third kappa shape index (κ3) is 3.22. The molecule has 2 aromatic rings. The maximum Gasteiger partial charge on any atom is 0.147 e. The summed E-state index contributed by atoms with van der Waals surface area (Å²) in [7, 11) is 0. The normalized spacial score (nSPS) is 10.6. The van der Waals surface area contributed by atoms with Gasteiger partial charge in [0.2, 0.25) is 0 Å². The van der Waals surface area contributed by atoms with Crippen molar-refractivity contribution in [3.8, 4) is 0 Å². The number of para-hydroxylation sites is 1. The van der Waals surface area contributed by atoms with Gasteiger partial charge in [0.15, 0.2) is 0 Å². The molecule has 2 rings (SSSR count). The minimum atomic E-state index is -0.277. The Kier molecular flexibility index (Phi) is 4.47. The van der Waals surface area contributed by atoms with Crippen molar-refractivity contribution in [3.63, 3.8) is 0 Å². The zero-order valence-electron chi connectivity index (χ0n) is 8.44. The van der Waals surface area contributed by atoms with E-state index in [0.29, 0.717) is 21.0 Å². The van der Waals surface area contributed by atoms with E-state index in [4.69, 9.17) is 11.6 Å². The van der Waals surface area contributed by atoms with Gasteiger partial charge in [-0.15, -0.1) is 11.3 Å². The predicted molar refractivity (Wildman–Crippen MR) is 78.5 cm³/mol. The highest BCUT2D eigenvalue weighted by Gasteiger charge is 2.08. The molecule has 0 aliphatic rings. The molecule has 6 heteroatoms. The molecule has 0 unspecified atom stereocenters. The molecule has 1 heterocycles. The van der Waals surface area contributed by atoms with Crippen molar-refractivity contribution in [2.75, 3.05) is 5.32 Å². The SMILES string of the molecule is Fc1cccc(Br)c1NCc1cc(Br)c(Cl)s1. The lowest BCUT2D eigenvalue weighted by Gasteiger charge is -2.08. The molecule has 1 nitrogen and oxygen atoms in total. The second-order valence-electron chi connectivity index (χ2n) is 3.28. The van der Waals surface area contributed by atoms with Gasteiger partial charge >= 0.3 is 0 Å². The second-order valence-corrected chi connectivity index (χ2v) is 6.73. The van der Waals surface area contributed by atoms with Gasteiger partial charge in [-0.2, -0.15) is 0 Å². The summed E-state index contributed by atoms with van der Waals surface area (Å²) in [6, 6.07) is 6.80. The molecule has 0 bridgehead atoms. The Labute approximate surface area is 124 Å². The molecule has 1 N–H and O–H groups in total. The first kappa shape index (κ1) is 13.3. The van der Waals surface area contributed by atoms with Gasteiger partial charge in [-0.25, -0.2) is 4.39 Å². The highest BCUT2D eigenvalue weighted by Crippen LogP contribution is 2.33. The number of hydrogen-bond acceptors (Lipinski definition) is 2. The van der Waals surface area contributed by atoms with Crippen molar-refractivity contribution in [2.45, 2.75) is 6.54 Å². The molecule has 17 heavy (non-hydrogen) atoms. The van der Waals surface area contributed by atoms with Gasteiger partial charge in [0.05, 0.1) is 5.69 Å². The summed E-state index contributed by atoms with van der Waals surface area (Å²) < 4.78 is 15.8. The predicted octanol–water partition coefficient (Wildman–Crippen LogP) is 5.68. The Morgan fingerprint density at radius 3 is 2.65 bits per heavy atom. The first-order valence-corrected chi connectivity index (χ1v) is 7.47. The van der Waals surface area contributed by atoms with Gasteiger partial charge in [-0.1, -0.05) is 17.7 Å². The van der Waals surface area contributed by atoms with E-state index in [0.717, 1.165) is 9.35 Å². The van der Waals surface area contributed by atoms with Crippen LogP contribution in [0.25, 0.3) is 0 Å². The van der Waals surface area contributed by atoms with E-state index in [1.165, 1.54) is 17.4 Å². The van der Waals surface area contributed by atoms with Gasteiger partial charge in [0, 0.05) is 20.4 Å². The van der Waals surface area contributed by atoms with Crippen molar-refractivity contribution in [1.82, 2.24) is 0 Å². The molecular formula is C11H7Br2ClFNS. The van der Waals surface area contributed by atoms with Crippen LogP contribution in [-0.4, -0.2) is 0 Å². The van der Waals surface area contributed by atoms with Gasteiger partial charge in [0.1, 0.15) is 10.2 Å². The first-order valence-electron chi connectivity index (χ1n) is 4.69. The van der Waals surface area contributed by atoms with Gasteiger partial charge < -0.3 is 5.32 Å². The molecule has 0 fully saturated rings. The van der Waals surface area contributed by atoms with E-state index < -0.39 is 0 Å². The second kappa shape index (κ2) is 5.69. The number of rotatable bonds is 3. The van der Waals surface area contributed by atoms with E-state index >= 15 is 0 Å². The number of benzene rings is 1. The average molecular weight is 400 g/mol. The van der Waals surface area contributed by atoms with Crippen molar-refractivity contribution in [3.05, 3.63) is 48.2 Å². The number of hydrogen-bond donors (Lipinski definition) is 1. The van der Waals surface area contributed by atoms with Crippen LogP contribution in [0.2, 0.25) is 4.34 Å². The van der Waals surface area contributed by atoms with Crippen LogP contribution < -0.4 is 5.32 Å². The van der Waals surface area contributed by atoms with E-state index in [1.807, 2.05) is 6.07 Å². The smallest absolute Gasteiger partial charge is 0.147 e. The third-order valence-corrected chi connectivity index (χ3v) is 5.23. The summed E-state index contributed by atoms with van der Waals surface area (Å²) in [5.41, 5.74) is 0.466. The van der Waals surface area contributed by atoms with Crippen LogP contribution in [0.15, 0.2) is 33.2 Å². The maximum absolute atomic E-state index is 13.5. The molecule has 0 radical (unpaired) electrons. The fourth-order valence-corrected chi connectivity index (χ4v) is 3.53. The lowest BCUT2D eigenvalue weighted by atomic mass is 10.3. The van der Waals surface area contributed by atoms with Crippen LogP contribution in [0.1, 0.15) is 4.88 Å². The van der Waals surface area contributed by atoms with E-state index in [2.05, 4.69) is 37.2 Å². The quantitative estimate of drug-likeness (QED) is 0.700. The number of nitrogens with one attached hydrogen (secondary N) is 1. The Morgan fingerprint density at radius 2 is 2.06 bits per heavy atom. The van der Waals surface area contributed by atoms with E-state index in [-0.39, 0.29) is 5.82 Å². The Balaban J connectivity index is 2.12. The Morgan fingerprint density at radius 1 is 1.29 bits per heavy atom. The molecule has 0 saturated heterocycles. The van der Waals surface area contributed by atoms with Crippen LogP contribution >= 0.6 is 54.8 Å². The minimum absolute atomic E-state index is 0.277. The van der Waals surface area contributed by atoms with Gasteiger partial charge in [-0.05, 0) is 50.1 Å². The molecule has 1 aromatic heterocycles. The standard InChI is InChI=1S/C11H7Br2ClFNS/c12-7-2-1-3-9(15)10(7)16-5-6-4-8(13)11(14)17-6/h1-4,16H,5H2. The largest absolute Gasteiger partial charge is 0.377 e. The Bertz CT molecular complexity index is 505. The van der Waals surface area contributed by atoms with Gasteiger partial charge in [0.25, 0.3) is 0 Å². The Hall–Kier alpha value is -0.100. The maximum atomic E-state index is 13.5. The monoisotopic (exact) mass is 397 g/mol. The zero-order valence-corrected chi connectivity index (χ0v) is 13.2. The van der Waals surface area contributed by atoms with E-state index in [9.17, 15) is 4.39 Å². The molecule has 0 saturated carbocycles. The van der Waals surface area contributed by atoms with Crippen LogP contribution in [0, 0.1) is 5.82 Å². The molecule has 90 valence electrons. The first-order chi connectivity index (χ1) is 8.08.